The Balaban J connectivity index is 1.58. The van der Waals surface area contributed by atoms with E-state index in [9.17, 15) is 14.7 Å². The van der Waals surface area contributed by atoms with Gasteiger partial charge in [0.2, 0.25) is 6.79 Å². The van der Waals surface area contributed by atoms with E-state index in [4.69, 9.17) is 19.2 Å². The van der Waals surface area contributed by atoms with Crippen LogP contribution < -0.4 is 20.3 Å². The number of hydrogen-bond donors (Lipinski definition) is 2. The summed E-state index contributed by atoms with van der Waals surface area (Å²) in [7, 11) is 0. The van der Waals surface area contributed by atoms with E-state index in [1.807, 2.05) is 19.1 Å². The highest BCUT2D eigenvalue weighted by atomic mass is 16.7. The molecule has 184 valence electrons. The molecule has 0 saturated heterocycles. The third-order valence-corrected chi connectivity index (χ3v) is 7.07. The van der Waals surface area contributed by atoms with Crippen molar-refractivity contribution < 1.29 is 24.1 Å². The van der Waals surface area contributed by atoms with E-state index in [-0.39, 0.29) is 37.5 Å². The van der Waals surface area contributed by atoms with Crippen LogP contribution in [0.5, 0.6) is 11.5 Å². The van der Waals surface area contributed by atoms with Crippen LogP contribution in [0.15, 0.2) is 23.0 Å². The van der Waals surface area contributed by atoms with Gasteiger partial charge in [-0.3, -0.25) is 4.79 Å². The van der Waals surface area contributed by atoms with Crippen molar-refractivity contribution in [1.29, 1.82) is 0 Å². The molecule has 0 saturated carbocycles. The largest absolute Gasteiger partial charge is 0.458 e. The van der Waals surface area contributed by atoms with Gasteiger partial charge in [-0.1, -0.05) is 25.7 Å². The maximum absolute atomic E-state index is 13.5. The molecule has 0 aliphatic carbocycles. The standard InChI is InChI=1S/C27H25N3O6/c1-3-27(33)19-10-21-24-17(12-30(21)25(31)18(19)13-34-26(27)32)15(7-5-6-8-28-4-2)16-9-22-23(36-14-35-22)11-20(16)29-24/h9-11,28,33H,3-4,6,8,12-14H2,1-2H3/t27-/m0/s1. The maximum Gasteiger partial charge on any atom is 0.343 e. The molecule has 0 amide bonds. The van der Waals surface area contributed by atoms with Crippen LogP contribution in [0.4, 0.5) is 0 Å². The molecule has 3 aliphatic heterocycles. The molecule has 0 fully saturated rings. The second-order valence-corrected chi connectivity index (χ2v) is 9.04. The molecule has 1 atom stereocenters. The van der Waals surface area contributed by atoms with Crippen molar-refractivity contribution in [3.63, 3.8) is 0 Å². The number of cyclic esters (lactones) is 1. The summed E-state index contributed by atoms with van der Waals surface area (Å²) >= 11 is 0. The molecule has 3 aromatic rings. The molecule has 0 bridgehead atoms. The quantitative estimate of drug-likeness (QED) is 0.256. The molecule has 0 spiro atoms. The molecule has 1 aromatic carbocycles. The number of carbonyl (C=O) groups excluding carboxylic acids is 1. The fraction of sp³-hybridized carbons (Fsp3) is 0.370. The lowest BCUT2D eigenvalue weighted by molar-refractivity contribution is -0.172. The maximum atomic E-state index is 13.5. The second-order valence-electron chi connectivity index (χ2n) is 9.04. The van der Waals surface area contributed by atoms with Crippen LogP contribution in [-0.2, 0) is 28.3 Å². The normalized spacial score (nSPS) is 18.8. The summed E-state index contributed by atoms with van der Waals surface area (Å²) in [5.74, 6) is 7.06. The Hall–Kier alpha value is -3.87. The summed E-state index contributed by atoms with van der Waals surface area (Å²) in [4.78, 5) is 30.9. The first-order chi connectivity index (χ1) is 17.5. The average Bonchev–Trinajstić information content (AvgIpc) is 3.49. The number of nitrogens with zero attached hydrogens (tertiary/aromatic N) is 2. The van der Waals surface area contributed by atoms with Gasteiger partial charge in [-0.05, 0) is 25.1 Å². The molecule has 3 aliphatic rings. The van der Waals surface area contributed by atoms with Gasteiger partial charge in [-0.2, -0.15) is 0 Å². The Morgan fingerprint density at radius 3 is 2.72 bits per heavy atom. The highest BCUT2D eigenvalue weighted by Gasteiger charge is 2.45. The molecule has 9 heteroatoms. The van der Waals surface area contributed by atoms with Crippen LogP contribution >= 0.6 is 0 Å². The number of carbonyl (C=O) groups is 1. The number of benzene rings is 1. The number of rotatable bonds is 4. The van der Waals surface area contributed by atoms with E-state index in [0.717, 1.165) is 29.6 Å². The van der Waals surface area contributed by atoms with Crippen molar-refractivity contribution in [3.8, 4) is 34.7 Å². The van der Waals surface area contributed by atoms with E-state index in [2.05, 4.69) is 17.2 Å². The van der Waals surface area contributed by atoms with E-state index >= 15 is 0 Å². The van der Waals surface area contributed by atoms with Crippen molar-refractivity contribution >= 4 is 16.9 Å². The van der Waals surface area contributed by atoms with Gasteiger partial charge in [0.1, 0.15) is 6.61 Å². The smallest absolute Gasteiger partial charge is 0.343 e. The van der Waals surface area contributed by atoms with Gasteiger partial charge >= 0.3 is 5.97 Å². The minimum absolute atomic E-state index is 0.0890. The first-order valence-corrected chi connectivity index (χ1v) is 12.1. The van der Waals surface area contributed by atoms with Gasteiger partial charge in [-0.15, -0.1) is 0 Å². The van der Waals surface area contributed by atoms with Crippen LogP contribution in [0.3, 0.4) is 0 Å². The van der Waals surface area contributed by atoms with E-state index < -0.39 is 11.6 Å². The zero-order valence-electron chi connectivity index (χ0n) is 20.1. The van der Waals surface area contributed by atoms with Gasteiger partial charge in [0.25, 0.3) is 5.56 Å². The minimum atomic E-state index is -1.87. The summed E-state index contributed by atoms with van der Waals surface area (Å²) in [6.45, 7) is 5.64. The summed E-state index contributed by atoms with van der Waals surface area (Å²) in [5, 5.41) is 15.2. The number of esters is 1. The van der Waals surface area contributed by atoms with Crippen molar-refractivity contribution in [3.05, 3.63) is 50.8 Å². The number of aliphatic hydroxyl groups is 1. The highest BCUT2D eigenvalue weighted by Crippen LogP contribution is 2.42. The van der Waals surface area contributed by atoms with E-state index in [1.54, 1.807) is 17.6 Å². The number of pyridine rings is 2. The topological polar surface area (TPSA) is 112 Å². The molecule has 0 radical (unpaired) electrons. The zero-order chi connectivity index (χ0) is 25.0. The summed E-state index contributed by atoms with van der Waals surface area (Å²) in [6.07, 6.45) is 0.757. The number of fused-ring (bicyclic) bond motifs is 6. The van der Waals surface area contributed by atoms with Gasteiger partial charge in [0.15, 0.2) is 17.1 Å². The SMILES string of the molecule is CCNCCC#Cc1c2c(nc3cc4c(cc13)OCO4)-c1cc3c(c(=O)n1C2)COC(=O)[C@]3(O)CC. The Morgan fingerprint density at radius 2 is 1.94 bits per heavy atom. The third kappa shape index (κ3) is 3.22. The van der Waals surface area contributed by atoms with E-state index in [0.29, 0.717) is 40.4 Å². The van der Waals surface area contributed by atoms with Gasteiger partial charge in [0.05, 0.1) is 29.0 Å². The molecule has 36 heavy (non-hydrogen) atoms. The third-order valence-electron chi connectivity index (χ3n) is 7.07. The molecular weight excluding hydrogens is 462 g/mol. The lowest BCUT2D eigenvalue weighted by atomic mass is 9.86. The molecule has 0 unspecified atom stereocenters. The first-order valence-electron chi connectivity index (χ1n) is 12.1. The lowest BCUT2D eigenvalue weighted by Gasteiger charge is -2.31. The number of ether oxygens (including phenoxy) is 3. The lowest BCUT2D eigenvalue weighted by Crippen LogP contribution is -2.44. The van der Waals surface area contributed by atoms with Crippen LogP contribution in [-0.4, -0.2) is 40.5 Å². The van der Waals surface area contributed by atoms with Gasteiger partial charge in [-0.25, -0.2) is 9.78 Å². The Labute approximate surface area is 207 Å². The molecule has 6 rings (SSSR count). The molecule has 9 nitrogen and oxygen atoms in total. The Bertz CT molecular complexity index is 1560. The number of nitrogens with one attached hydrogen (secondary N) is 1. The fourth-order valence-corrected chi connectivity index (χ4v) is 5.09. The predicted molar refractivity (Wildman–Crippen MR) is 131 cm³/mol. The Kier molecular flexibility index (Phi) is 5.25. The van der Waals surface area contributed by atoms with Crippen LogP contribution in [0.25, 0.3) is 22.3 Å². The second kappa shape index (κ2) is 8.36. The predicted octanol–water partition coefficient (Wildman–Crippen LogP) is 2.16. The van der Waals surface area contributed by atoms with Crippen LogP contribution in [0.2, 0.25) is 0 Å². The van der Waals surface area contributed by atoms with Gasteiger partial charge in [0, 0.05) is 41.1 Å². The zero-order valence-corrected chi connectivity index (χ0v) is 20.1. The summed E-state index contributed by atoms with van der Waals surface area (Å²) in [5.41, 5.74) is 1.83. The molecule has 2 aromatic heterocycles. The molecule has 2 N–H and O–H groups in total. The van der Waals surface area contributed by atoms with Crippen molar-refractivity contribution in [2.24, 2.45) is 0 Å². The molecular formula is C27H25N3O6. The molecule has 5 heterocycles. The van der Waals surface area contributed by atoms with Crippen molar-refractivity contribution in [2.75, 3.05) is 19.9 Å². The van der Waals surface area contributed by atoms with Crippen molar-refractivity contribution in [1.82, 2.24) is 14.9 Å². The first kappa shape index (κ1) is 22.6. The minimum Gasteiger partial charge on any atom is -0.458 e. The summed E-state index contributed by atoms with van der Waals surface area (Å²) < 4.78 is 17.9. The number of aromatic nitrogens is 2. The average molecular weight is 488 g/mol. The van der Waals surface area contributed by atoms with Crippen molar-refractivity contribution in [2.45, 2.75) is 45.4 Å². The summed E-state index contributed by atoms with van der Waals surface area (Å²) in [6, 6.07) is 5.42. The highest BCUT2D eigenvalue weighted by molar-refractivity contribution is 5.93. The Morgan fingerprint density at radius 1 is 1.14 bits per heavy atom. The van der Waals surface area contributed by atoms with Gasteiger partial charge < -0.3 is 29.2 Å². The van der Waals surface area contributed by atoms with Crippen LogP contribution in [0.1, 0.15) is 48.9 Å². The fourth-order valence-electron chi connectivity index (χ4n) is 5.09. The van der Waals surface area contributed by atoms with E-state index in [1.165, 1.54) is 0 Å². The monoisotopic (exact) mass is 487 g/mol. The van der Waals surface area contributed by atoms with Crippen LogP contribution in [0, 0.1) is 11.8 Å². The number of hydrogen-bond acceptors (Lipinski definition) is 8.